The SMILES string of the molecule is CCCC[C@H](NC(C)=O)C(=O)N[C@H]([C]=O)CC(=O)O. The number of aliphatic carboxylic acids is 1. The molecule has 0 aromatic heterocycles. The quantitative estimate of drug-likeness (QED) is 0.535. The van der Waals surface area contributed by atoms with Crippen molar-refractivity contribution in [3.05, 3.63) is 0 Å². The zero-order valence-corrected chi connectivity index (χ0v) is 11.1. The summed E-state index contributed by atoms with van der Waals surface area (Å²) >= 11 is 0. The van der Waals surface area contributed by atoms with Crippen molar-refractivity contribution in [3.8, 4) is 0 Å². The van der Waals surface area contributed by atoms with Gasteiger partial charge in [0.05, 0.1) is 6.42 Å². The molecule has 7 nitrogen and oxygen atoms in total. The Bertz CT molecular complexity index is 343. The van der Waals surface area contributed by atoms with E-state index in [4.69, 9.17) is 5.11 Å². The summed E-state index contributed by atoms with van der Waals surface area (Å²) in [6.45, 7) is 3.22. The fourth-order valence-corrected chi connectivity index (χ4v) is 1.49. The molecule has 0 saturated carbocycles. The maximum atomic E-state index is 11.8. The molecular formula is C12H19N2O5. The Kier molecular flexibility index (Phi) is 8.15. The molecule has 0 rings (SSSR count). The van der Waals surface area contributed by atoms with Crippen molar-refractivity contribution >= 4 is 24.1 Å². The minimum Gasteiger partial charge on any atom is -0.481 e. The molecule has 3 N–H and O–H groups in total. The van der Waals surface area contributed by atoms with E-state index in [0.717, 1.165) is 12.8 Å². The van der Waals surface area contributed by atoms with Gasteiger partial charge in [0.2, 0.25) is 18.1 Å². The van der Waals surface area contributed by atoms with Gasteiger partial charge in [-0.2, -0.15) is 0 Å². The van der Waals surface area contributed by atoms with Crippen LogP contribution in [0, 0.1) is 0 Å². The molecule has 0 aliphatic rings. The van der Waals surface area contributed by atoms with Crippen molar-refractivity contribution in [1.82, 2.24) is 10.6 Å². The Morgan fingerprint density at radius 2 is 1.89 bits per heavy atom. The van der Waals surface area contributed by atoms with E-state index < -0.39 is 30.4 Å². The van der Waals surface area contributed by atoms with E-state index in [-0.39, 0.29) is 5.91 Å². The van der Waals surface area contributed by atoms with E-state index in [9.17, 15) is 19.2 Å². The summed E-state index contributed by atoms with van der Waals surface area (Å²) < 4.78 is 0. The number of hydrogen-bond donors (Lipinski definition) is 3. The number of amides is 2. The highest BCUT2D eigenvalue weighted by Crippen LogP contribution is 2.02. The predicted octanol–water partition coefficient (Wildman–Crippen LogP) is -0.249. The van der Waals surface area contributed by atoms with Gasteiger partial charge in [-0.25, -0.2) is 0 Å². The highest BCUT2D eigenvalue weighted by molar-refractivity contribution is 5.89. The molecule has 0 aromatic rings. The molecule has 0 aromatic carbocycles. The average Bonchev–Trinajstić information content (AvgIpc) is 2.32. The topological polar surface area (TPSA) is 113 Å². The monoisotopic (exact) mass is 271 g/mol. The molecule has 0 spiro atoms. The molecule has 0 aliphatic carbocycles. The molecule has 107 valence electrons. The number of carbonyl (C=O) groups is 3. The lowest BCUT2D eigenvalue weighted by molar-refractivity contribution is -0.137. The number of unbranched alkanes of at least 4 members (excludes halogenated alkanes) is 1. The van der Waals surface area contributed by atoms with Crippen LogP contribution in [0.1, 0.15) is 39.5 Å². The van der Waals surface area contributed by atoms with Crippen molar-refractivity contribution in [2.24, 2.45) is 0 Å². The highest BCUT2D eigenvalue weighted by atomic mass is 16.4. The molecule has 0 heterocycles. The van der Waals surface area contributed by atoms with Crippen LogP contribution in [0.2, 0.25) is 0 Å². The van der Waals surface area contributed by atoms with Gasteiger partial charge in [-0.1, -0.05) is 19.8 Å². The summed E-state index contributed by atoms with van der Waals surface area (Å²) in [6.07, 6.45) is 2.93. The van der Waals surface area contributed by atoms with E-state index in [1.54, 1.807) is 0 Å². The van der Waals surface area contributed by atoms with Gasteiger partial charge < -0.3 is 15.7 Å². The van der Waals surface area contributed by atoms with Gasteiger partial charge in [-0.15, -0.1) is 0 Å². The van der Waals surface area contributed by atoms with Gasteiger partial charge in [-0.3, -0.25) is 19.2 Å². The minimum absolute atomic E-state index is 0.360. The smallest absolute Gasteiger partial charge is 0.305 e. The first-order chi connectivity index (χ1) is 8.90. The second-order valence-corrected chi connectivity index (χ2v) is 4.17. The second-order valence-electron chi connectivity index (χ2n) is 4.17. The van der Waals surface area contributed by atoms with Crippen LogP contribution in [-0.4, -0.2) is 41.3 Å². The molecule has 2 atom stereocenters. The number of nitrogens with one attached hydrogen (secondary N) is 2. The fraction of sp³-hybridized carbons (Fsp3) is 0.667. The summed E-state index contributed by atoms with van der Waals surface area (Å²) in [4.78, 5) is 43.8. The minimum atomic E-state index is -1.21. The number of carboxylic acids is 1. The molecule has 7 heteroatoms. The number of carboxylic acid groups (broad SMARTS) is 1. The van der Waals surface area contributed by atoms with E-state index in [1.807, 2.05) is 6.92 Å². The standard InChI is InChI=1S/C12H19N2O5/c1-3-4-5-10(13-8(2)16)12(19)14-9(7-15)6-11(17)18/h9-10H,3-6H2,1-2H3,(H,13,16)(H,14,19)(H,17,18)/t9-,10-/m0/s1. The average molecular weight is 271 g/mol. The summed E-state index contributed by atoms with van der Waals surface area (Å²) in [5.74, 6) is -2.14. The van der Waals surface area contributed by atoms with Crippen molar-refractivity contribution in [1.29, 1.82) is 0 Å². The van der Waals surface area contributed by atoms with Crippen LogP contribution >= 0.6 is 0 Å². The molecule has 0 bridgehead atoms. The fourth-order valence-electron chi connectivity index (χ4n) is 1.49. The van der Waals surface area contributed by atoms with Crippen molar-refractivity contribution in [3.63, 3.8) is 0 Å². The third-order valence-corrected chi connectivity index (χ3v) is 2.38. The molecule has 19 heavy (non-hydrogen) atoms. The molecule has 0 unspecified atom stereocenters. The molecule has 1 radical (unpaired) electrons. The van der Waals surface area contributed by atoms with Crippen LogP contribution in [0.15, 0.2) is 0 Å². The summed E-state index contributed by atoms with van der Waals surface area (Å²) in [5, 5.41) is 13.3. The van der Waals surface area contributed by atoms with Crippen LogP contribution in [-0.2, 0) is 19.2 Å². The Hall–Kier alpha value is -1.92. The van der Waals surface area contributed by atoms with E-state index in [2.05, 4.69) is 10.6 Å². The third-order valence-electron chi connectivity index (χ3n) is 2.38. The zero-order valence-electron chi connectivity index (χ0n) is 11.1. The number of hydrogen-bond acceptors (Lipinski definition) is 4. The molecule has 0 fully saturated rings. The Morgan fingerprint density at radius 1 is 1.26 bits per heavy atom. The van der Waals surface area contributed by atoms with Crippen molar-refractivity contribution in [2.75, 3.05) is 0 Å². The summed E-state index contributed by atoms with van der Waals surface area (Å²) in [7, 11) is 0. The van der Waals surface area contributed by atoms with Crippen LogP contribution < -0.4 is 10.6 Å². The lowest BCUT2D eigenvalue weighted by atomic mass is 10.1. The highest BCUT2D eigenvalue weighted by Gasteiger charge is 2.23. The van der Waals surface area contributed by atoms with Gasteiger partial charge in [0.25, 0.3) is 0 Å². The van der Waals surface area contributed by atoms with Crippen LogP contribution in [0.5, 0.6) is 0 Å². The Balaban J connectivity index is 4.54. The van der Waals surface area contributed by atoms with E-state index in [1.165, 1.54) is 13.2 Å². The maximum absolute atomic E-state index is 11.8. The Labute approximate surface area is 111 Å². The van der Waals surface area contributed by atoms with Gasteiger partial charge >= 0.3 is 5.97 Å². The normalized spacial score (nSPS) is 13.2. The van der Waals surface area contributed by atoms with Gasteiger partial charge in [0.1, 0.15) is 12.1 Å². The van der Waals surface area contributed by atoms with Gasteiger partial charge in [0, 0.05) is 6.92 Å². The Morgan fingerprint density at radius 3 is 2.32 bits per heavy atom. The van der Waals surface area contributed by atoms with Gasteiger partial charge in [-0.05, 0) is 6.42 Å². The molecule has 0 aliphatic heterocycles. The molecular weight excluding hydrogens is 252 g/mol. The van der Waals surface area contributed by atoms with Crippen LogP contribution in [0.25, 0.3) is 0 Å². The van der Waals surface area contributed by atoms with E-state index >= 15 is 0 Å². The zero-order chi connectivity index (χ0) is 14.8. The number of carbonyl (C=O) groups excluding carboxylic acids is 3. The van der Waals surface area contributed by atoms with Crippen molar-refractivity contribution < 1.29 is 24.3 Å². The first-order valence-corrected chi connectivity index (χ1v) is 6.07. The first kappa shape index (κ1) is 17.1. The maximum Gasteiger partial charge on any atom is 0.305 e. The van der Waals surface area contributed by atoms with E-state index in [0.29, 0.717) is 6.42 Å². The summed E-state index contributed by atoms with van der Waals surface area (Å²) in [6, 6.07) is -1.97. The van der Waals surface area contributed by atoms with Crippen molar-refractivity contribution in [2.45, 2.75) is 51.6 Å². The lowest BCUT2D eigenvalue weighted by Gasteiger charge is -2.19. The molecule has 2 amide bonds. The first-order valence-electron chi connectivity index (χ1n) is 6.07. The predicted molar refractivity (Wildman–Crippen MR) is 67.0 cm³/mol. The number of rotatable bonds is 9. The largest absolute Gasteiger partial charge is 0.481 e. The van der Waals surface area contributed by atoms with Crippen LogP contribution in [0.3, 0.4) is 0 Å². The van der Waals surface area contributed by atoms with Crippen LogP contribution in [0.4, 0.5) is 0 Å². The third kappa shape index (κ3) is 7.91. The molecule has 0 saturated heterocycles. The summed E-state index contributed by atoms with van der Waals surface area (Å²) in [5.41, 5.74) is 0. The van der Waals surface area contributed by atoms with Gasteiger partial charge in [0.15, 0.2) is 0 Å². The lowest BCUT2D eigenvalue weighted by Crippen LogP contribution is -2.50. The second kappa shape index (κ2) is 9.07.